The van der Waals surface area contributed by atoms with Gasteiger partial charge in [-0.3, -0.25) is 4.79 Å². The summed E-state index contributed by atoms with van der Waals surface area (Å²) in [7, 11) is 0. The number of hydrogen-bond donors (Lipinski definition) is 1. The maximum absolute atomic E-state index is 12.6. The Kier molecular flexibility index (Phi) is 4.53. The first-order valence-corrected chi connectivity index (χ1v) is 7.15. The number of halogens is 1. The number of ketones is 1. The lowest BCUT2D eigenvalue weighted by Crippen LogP contribution is -2.06. The molecule has 0 aliphatic carbocycles. The molecule has 0 bridgehead atoms. The third kappa shape index (κ3) is 3.19. The third-order valence-corrected chi connectivity index (χ3v) is 3.73. The Morgan fingerprint density at radius 3 is 2.52 bits per heavy atom. The minimum absolute atomic E-state index is 0.0676. The van der Waals surface area contributed by atoms with Crippen LogP contribution in [0.1, 0.15) is 34.0 Å². The van der Waals surface area contributed by atoms with Crippen molar-refractivity contribution in [2.75, 3.05) is 12.3 Å². The molecule has 0 saturated carbocycles. The van der Waals surface area contributed by atoms with Gasteiger partial charge in [0.25, 0.3) is 0 Å². The summed E-state index contributed by atoms with van der Waals surface area (Å²) in [6.45, 7) is 6.17. The first-order valence-electron chi connectivity index (χ1n) is 6.77. The van der Waals surface area contributed by atoms with Gasteiger partial charge in [0.05, 0.1) is 12.3 Å². The van der Waals surface area contributed by atoms with E-state index in [0.29, 0.717) is 34.2 Å². The van der Waals surface area contributed by atoms with Gasteiger partial charge in [-0.15, -0.1) is 0 Å². The van der Waals surface area contributed by atoms with Gasteiger partial charge in [0.2, 0.25) is 0 Å². The second kappa shape index (κ2) is 6.19. The number of rotatable bonds is 4. The van der Waals surface area contributed by atoms with E-state index in [9.17, 15) is 4.79 Å². The first kappa shape index (κ1) is 15.4. The molecule has 0 amide bonds. The SMILES string of the molecule is CCOc1ccc(C(=O)c2cc(C)c(Cl)cc2C)cc1N. The standard InChI is InChI=1S/C17H18ClNO2/c1-4-21-16-6-5-12(9-15(16)19)17(20)13-7-11(3)14(18)8-10(13)2/h5-9H,4,19H2,1-3H3. The molecule has 3 nitrogen and oxygen atoms in total. The van der Waals surface area contributed by atoms with Gasteiger partial charge in [0, 0.05) is 16.1 Å². The topological polar surface area (TPSA) is 52.3 Å². The molecule has 21 heavy (non-hydrogen) atoms. The van der Waals surface area contributed by atoms with Crippen molar-refractivity contribution in [1.29, 1.82) is 0 Å². The van der Waals surface area contributed by atoms with E-state index in [4.69, 9.17) is 22.1 Å². The highest BCUT2D eigenvalue weighted by Gasteiger charge is 2.15. The Balaban J connectivity index is 2.41. The molecule has 4 heteroatoms. The van der Waals surface area contributed by atoms with E-state index in [1.165, 1.54) is 0 Å². The van der Waals surface area contributed by atoms with Crippen molar-refractivity contribution in [1.82, 2.24) is 0 Å². The van der Waals surface area contributed by atoms with Crippen LogP contribution in [-0.2, 0) is 0 Å². The molecule has 2 rings (SSSR count). The normalized spacial score (nSPS) is 10.5. The van der Waals surface area contributed by atoms with Gasteiger partial charge in [-0.2, -0.15) is 0 Å². The number of benzene rings is 2. The smallest absolute Gasteiger partial charge is 0.193 e. The number of hydrogen-bond acceptors (Lipinski definition) is 3. The molecule has 110 valence electrons. The highest BCUT2D eigenvalue weighted by molar-refractivity contribution is 6.31. The Morgan fingerprint density at radius 1 is 1.19 bits per heavy atom. The third-order valence-electron chi connectivity index (χ3n) is 3.32. The number of ether oxygens (including phenoxy) is 1. The fraction of sp³-hybridized carbons (Fsp3) is 0.235. The van der Waals surface area contributed by atoms with Crippen LogP contribution < -0.4 is 10.5 Å². The van der Waals surface area contributed by atoms with Gasteiger partial charge >= 0.3 is 0 Å². The summed E-state index contributed by atoms with van der Waals surface area (Å²) in [5.41, 5.74) is 9.29. The molecular formula is C17H18ClNO2. The summed E-state index contributed by atoms with van der Waals surface area (Å²) in [6.07, 6.45) is 0. The van der Waals surface area contributed by atoms with Crippen molar-refractivity contribution in [3.05, 3.63) is 57.6 Å². The summed E-state index contributed by atoms with van der Waals surface area (Å²) >= 11 is 6.07. The molecule has 0 saturated heterocycles. The lowest BCUT2D eigenvalue weighted by molar-refractivity contribution is 0.103. The average Bonchev–Trinajstić information content (AvgIpc) is 2.44. The number of nitrogen functional groups attached to an aromatic ring is 1. The van der Waals surface area contributed by atoms with Gasteiger partial charge < -0.3 is 10.5 Å². The lowest BCUT2D eigenvalue weighted by atomic mass is 9.97. The van der Waals surface area contributed by atoms with E-state index in [0.717, 1.165) is 11.1 Å². The molecule has 0 aromatic heterocycles. The lowest BCUT2D eigenvalue weighted by Gasteiger charge is -2.11. The van der Waals surface area contributed by atoms with E-state index >= 15 is 0 Å². The second-order valence-corrected chi connectivity index (χ2v) is 5.34. The van der Waals surface area contributed by atoms with E-state index in [1.807, 2.05) is 32.9 Å². The Morgan fingerprint density at radius 2 is 1.90 bits per heavy atom. The number of carbonyl (C=O) groups is 1. The predicted octanol–water partition coefficient (Wildman–Crippen LogP) is 4.17. The van der Waals surface area contributed by atoms with Crippen molar-refractivity contribution in [2.45, 2.75) is 20.8 Å². The number of aryl methyl sites for hydroxylation is 2. The Labute approximate surface area is 129 Å². The van der Waals surface area contributed by atoms with E-state index in [1.54, 1.807) is 18.2 Å². The van der Waals surface area contributed by atoms with Crippen LogP contribution in [0.2, 0.25) is 5.02 Å². The maximum atomic E-state index is 12.6. The fourth-order valence-electron chi connectivity index (χ4n) is 2.16. The van der Waals surface area contributed by atoms with Crippen LogP contribution in [-0.4, -0.2) is 12.4 Å². The monoisotopic (exact) mass is 303 g/mol. The summed E-state index contributed by atoms with van der Waals surface area (Å²) in [5.74, 6) is 0.528. The zero-order valence-electron chi connectivity index (χ0n) is 12.4. The van der Waals surface area contributed by atoms with Crippen LogP contribution in [0.3, 0.4) is 0 Å². The number of anilines is 1. The molecule has 0 atom stereocenters. The van der Waals surface area contributed by atoms with Gasteiger partial charge in [-0.25, -0.2) is 0 Å². The zero-order chi connectivity index (χ0) is 15.6. The summed E-state index contributed by atoms with van der Waals surface area (Å²) in [6, 6.07) is 8.72. The van der Waals surface area contributed by atoms with Crippen molar-refractivity contribution in [3.63, 3.8) is 0 Å². The van der Waals surface area contributed by atoms with Crippen LogP contribution in [0.5, 0.6) is 5.75 Å². The van der Waals surface area contributed by atoms with E-state index < -0.39 is 0 Å². The molecule has 0 aliphatic heterocycles. The Bertz CT molecular complexity index is 695. The predicted molar refractivity (Wildman–Crippen MR) is 86.4 cm³/mol. The molecule has 2 aromatic rings. The van der Waals surface area contributed by atoms with Crippen LogP contribution in [0, 0.1) is 13.8 Å². The summed E-state index contributed by atoms with van der Waals surface area (Å²) in [5, 5.41) is 0.662. The van der Waals surface area contributed by atoms with Crippen LogP contribution in [0.25, 0.3) is 0 Å². The highest BCUT2D eigenvalue weighted by Crippen LogP contribution is 2.26. The van der Waals surface area contributed by atoms with Crippen molar-refractivity contribution in [2.24, 2.45) is 0 Å². The molecule has 0 spiro atoms. The molecule has 2 aromatic carbocycles. The molecule has 0 radical (unpaired) electrons. The number of nitrogens with two attached hydrogens (primary N) is 1. The van der Waals surface area contributed by atoms with Crippen LogP contribution in [0.4, 0.5) is 5.69 Å². The van der Waals surface area contributed by atoms with Gasteiger partial charge in [0.15, 0.2) is 5.78 Å². The van der Waals surface area contributed by atoms with Crippen molar-refractivity contribution >= 4 is 23.1 Å². The van der Waals surface area contributed by atoms with E-state index in [-0.39, 0.29) is 5.78 Å². The highest BCUT2D eigenvalue weighted by atomic mass is 35.5. The maximum Gasteiger partial charge on any atom is 0.193 e. The number of carbonyl (C=O) groups excluding carboxylic acids is 1. The van der Waals surface area contributed by atoms with Crippen LogP contribution in [0.15, 0.2) is 30.3 Å². The van der Waals surface area contributed by atoms with Crippen molar-refractivity contribution in [3.8, 4) is 5.75 Å². The quantitative estimate of drug-likeness (QED) is 0.681. The summed E-state index contributed by atoms with van der Waals surface area (Å²) in [4.78, 5) is 12.6. The molecule has 0 heterocycles. The van der Waals surface area contributed by atoms with Crippen molar-refractivity contribution < 1.29 is 9.53 Å². The zero-order valence-corrected chi connectivity index (χ0v) is 13.1. The largest absolute Gasteiger partial charge is 0.492 e. The minimum atomic E-state index is -0.0676. The molecule has 0 unspecified atom stereocenters. The van der Waals surface area contributed by atoms with E-state index in [2.05, 4.69) is 0 Å². The first-order chi connectivity index (χ1) is 9.93. The van der Waals surface area contributed by atoms with Gasteiger partial charge in [-0.1, -0.05) is 11.6 Å². The van der Waals surface area contributed by atoms with Gasteiger partial charge in [0.1, 0.15) is 5.75 Å². The minimum Gasteiger partial charge on any atom is -0.492 e. The summed E-state index contributed by atoms with van der Waals surface area (Å²) < 4.78 is 5.38. The second-order valence-electron chi connectivity index (χ2n) is 4.93. The molecular weight excluding hydrogens is 286 g/mol. The van der Waals surface area contributed by atoms with Gasteiger partial charge in [-0.05, 0) is 62.2 Å². The molecule has 0 fully saturated rings. The Hall–Kier alpha value is -2.00. The average molecular weight is 304 g/mol. The molecule has 2 N–H and O–H groups in total. The molecule has 0 aliphatic rings. The van der Waals surface area contributed by atoms with Crippen LogP contribution >= 0.6 is 11.6 Å². The fourth-order valence-corrected chi connectivity index (χ4v) is 2.38.